The molecular formula is C18H31N3O. The summed E-state index contributed by atoms with van der Waals surface area (Å²) in [4.78, 5) is 6.70. The fraction of sp³-hybridized carbons (Fsp3) is 0.722. The molecule has 0 aliphatic carbocycles. The molecule has 1 aromatic heterocycles. The topological polar surface area (TPSA) is 48.4 Å². The average Bonchev–Trinajstić information content (AvgIpc) is 2.59. The largest absolute Gasteiger partial charge is 0.396 e. The number of pyridine rings is 1. The van der Waals surface area contributed by atoms with E-state index in [1.165, 1.54) is 18.4 Å². The molecule has 1 aliphatic rings. The molecule has 0 radical (unpaired) electrons. The Morgan fingerprint density at radius 2 is 2.05 bits per heavy atom. The molecular weight excluding hydrogens is 274 g/mol. The second-order valence-corrected chi connectivity index (χ2v) is 6.66. The zero-order valence-electron chi connectivity index (χ0n) is 14.1. The Hall–Kier alpha value is -0.970. The van der Waals surface area contributed by atoms with Gasteiger partial charge in [-0.3, -0.25) is 9.88 Å². The Morgan fingerprint density at radius 1 is 1.32 bits per heavy atom. The number of nitrogens with one attached hydrogen (secondary N) is 1. The van der Waals surface area contributed by atoms with E-state index in [1.54, 1.807) is 0 Å². The van der Waals surface area contributed by atoms with Crippen molar-refractivity contribution in [2.24, 2.45) is 5.41 Å². The molecule has 1 saturated heterocycles. The maximum absolute atomic E-state index is 9.66. The minimum Gasteiger partial charge on any atom is -0.396 e. The van der Waals surface area contributed by atoms with Crippen LogP contribution >= 0.6 is 0 Å². The van der Waals surface area contributed by atoms with E-state index in [0.29, 0.717) is 6.04 Å². The molecule has 1 aromatic rings. The predicted molar refractivity (Wildman–Crippen MR) is 90.6 cm³/mol. The standard InChI is InChI=1S/C18H31N3O/c1-3-18(4-2,15-22)14-20-17-7-10-21(11-8-17)13-16-6-5-9-19-12-16/h5-6,9,12,17,20,22H,3-4,7-8,10-11,13-15H2,1-2H3. The summed E-state index contributed by atoms with van der Waals surface area (Å²) < 4.78 is 0. The third kappa shape index (κ3) is 4.77. The molecule has 1 aliphatic heterocycles. The molecule has 22 heavy (non-hydrogen) atoms. The number of likely N-dealkylation sites (tertiary alicyclic amines) is 1. The molecule has 4 heteroatoms. The first-order chi connectivity index (χ1) is 10.7. The summed E-state index contributed by atoms with van der Waals surface area (Å²) in [7, 11) is 0. The van der Waals surface area contributed by atoms with Crippen molar-refractivity contribution in [3.05, 3.63) is 30.1 Å². The van der Waals surface area contributed by atoms with Crippen LogP contribution in [-0.4, -0.2) is 47.3 Å². The Bertz CT molecular complexity index is 403. The number of aromatic nitrogens is 1. The summed E-state index contributed by atoms with van der Waals surface area (Å²) in [5.41, 5.74) is 1.36. The van der Waals surface area contributed by atoms with Crippen LogP contribution in [0.5, 0.6) is 0 Å². The van der Waals surface area contributed by atoms with Crippen LogP contribution in [0.25, 0.3) is 0 Å². The van der Waals surface area contributed by atoms with Crippen LogP contribution in [0.2, 0.25) is 0 Å². The Morgan fingerprint density at radius 3 is 2.59 bits per heavy atom. The van der Waals surface area contributed by atoms with Crippen LogP contribution in [0.1, 0.15) is 45.1 Å². The van der Waals surface area contributed by atoms with Gasteiger partial charge in [0.1, 0.15) is 0 Å². The Kier molecular flexibility index (Phi) is 6.80. The second kappa shape index (κ2) is 8.61. The van der Waals surface area contributed by atoms with Gasteiger partial charge in [0.25, 0.3) is 0 Å². The summed E-state index contributed by atoms with van der Waals surface area (Å²) in [5, 5.41) is 13.4. The van der Waals surface area contributed by atoms with Gasteiger partial charge in [-0.1, -0.05) is 19.9 Å². The smallest absolute Gasteiger partial charge is 0.0499 e. The number of rotatable bonds is 8. The van der Waals surface area contributed by atoms with Crippen molar-refractivity contribution in [1.82, 2.24) is 15.2 Å². The van der Waals surface area contributed by atoms with E-state index in [4.69, 9.17) is 0 Å². The maximum Gasteiger partial charge on any atom is 0.0499 e. The highest BCUT2D eigenvalue weighted by atomic mass is 16.3. The van der Waals surface area contributed by atoms with Crippen molar-refractivity contribution in [2.45, 2.75) is 52.1 Å². The van der Waals surface area contributed by atoms with Gasteiger partial charge in [-0.2, -0.15) is 0 Å². The number of aliphatic hydroxyl groups excluding tert-OH is 1. The Labute approximate surface area is 134 Å². The normalized spacial score (nSPS) is 17.8. The fourth-order valence-electron chi connectivity index (χ4n) is 3.19. The van der Waals surface area contributed by atoms with E-state index in [-0.39, 0.29) is 12.0 Å². The first-order valence-electron chi connectivity index (χ1n) is 8.67. The summed E-state index contributed by atoms with van der Waals surface area (Å²) in [6.07, 6.45) is 8.24. The highest BCUT2D eigenvalue weighted by molar-refractivity contribution is 5.08. The monoisotopic (exact) mass is 305 g/mol. The van der Waals surface area contributed by atoms with Crippen molar-refractivity contribution in [2.75, 3.05) is 26.2 Å². The zero-order chi connectivity index (χ0) is 15.8. The highest BCUT2D eigenvalue weighted by Gasteiger charge is 2.27. The number of nitrogens with zero attached hydrogens (tertiary/aromatic N) is 2. The number of aliphatic hydroxyl groups is 1. The highest BCUT2D eigenvalue weighted by Crippen LogP contribution is 2.25. The molecule has 0 atom stereocenters. The van der Waals surface area contributed by atoms with Gasteiger partial charge < -0.3 is 10.4 Å². The van der Waals surface area contributed by atoms with Crippen LogP contribution in [0.15, 0.2) is 24.5 Å². The molecule has 0 saturated carbocycles. The molecule has 0 bridgehead atoms. The van der Waals surface area contributed by atoms with Gasteiger partial charge in [-0.25, -0.2) is 0 Å². The van der Waals surface area contributed by atoms with E-state index < -0.39 is 0 Å². The molecule has 2 rings (SSSR count). The maximum atomic E-state index is 9.66. The van der Waals surface area contributed by atoms with Gasteiger partial charge in [0.05, 0.1) is 0 Å². The van der Waals surface area contributed by atoms with Crippen LogP contribution in [0.3, 0.4) is 0 Å². The minimum absolute atomic E-state index is 0.0623. The van der Waals surface area contributed by atoms with Crippen LogP contribution < -0.4 is 5.32 Å². The van der Waals surface area contributed by atoms with Crippen LogP contribution in [0, 0.1) is 5.41 Å². The van der Waals surface area contributed by atoms with Crippen molar-refractivity contribution >= 4 is 0 Å². The van der Waals surface area contributed by atoms with E-state index in [1.807, 2.05) is 18.5 Å². The van der Waals surface area contributed by atoms with Gasteiger partial charge in [0, 0.05) is 43.5 Å². The Balaban J connectivity index is 1.73. The third-order valence-electron chi connectivity index (χ3n) is 5.32. The van der Waals surface area contributed by atoms with Crippen LogP contribution in [0.4, 0.5) is 0 Å². The first-order valence-corrected chi connectivity index (χ1v) is 8.67. The summed E-state index contributed by atoms with van der Waals surface area (Å²) in [6.45, 7) is 8.85. The summed E-state index contributed by atoms with van der Waals surface area (Å²) in [5.74, 6) is 0. The SMILES string of the molecule is CCC(CC)(CO)CNC1CCN(Cc2cccnc2)CC1. The lowest BCUT2D eigenvalue weighted by Gasteiger charge is -2.36. The zero-order valence-corrected chi connectivity index (χ0v) is 14.1. The van der Waals surface area contributed by atoms with E-state index in [9.17, 15) is 5.11 Å². The third-order valence-corrected chi connectivity index (χ3v) is 5.32. The molecule has 1 fully saturated rings. The van der Waals surface area contributed by atoms with Gasteiger partial charge in [0.15, 0.2) is 0 Å². The van der Waals surface area contributed by atoms with Crippen molar-refractivity contribution in [3.63, 3.8) is 0 Å². The van der Waals surface area contributed by atoms with Gasteiger partial charge in [-0.15, -0.1) is 0 Å². The van der Waals surface area contributed by atoms with E-state index >= 15 is 0 Å². The van der Waals surface area contributed by atoms with E-state index in [0.717, 1.165) is 39.0 Å². The average molecular weight is 305 g/mol. The van der Waals surface area contributed by atoms with Crippen molar-refractivity contribution in [3.8, 4) is 0 Å². The lowest BCUT2D eigenvalue weighted by atomic mass is 9.83. The predicted octanol–water partition coefficient (Wildman–Crippen LogP) is 2.43. The van der Waals surface area contributed by atoms with E-state index in [2.05, 4.69) is 35.1 Å². The molecule has 4 nitrogen and oxygen atoms in total. The van der Waals surface area contributed by atoms with Crippen molar-refractivity contribution < 1.29 is 5.11 Å². The number of piperidine rings is 1. The fourth-order valence-corrected chi connectivity index (χ4v) is 3.19. The van der Waals surface area contributed by atoms with Gasteiger partial charge in [-0.05, 0) is 50.4 Å². The van der Waals surface area contributed by atoms with Crippen LogP contribution in [-0.2, 0) is 6.54 Å². The quantitative estimate of drug-likeness (QED) is 0.774. The number of hydrogen-bond donors (Lipinski definition) is 2. The lowest BCUT2D eigenvalue weighted by molar-refractivity contribution is 0.102. The minimum atomic E-state index is 0.0623. The molecule has 2 N–H and O–H groups in total. The number of hydrogen-bond acceptors (Lipinski definition) is 4. The molecule has 0 aromatic carbocycles. The molecule has 124 valence electrons. The first kappa shape index (κ1) is 17.4. The molecule has 0 spiro atoms. The van der Waals surface area contributed by atoms with Gasteiger partial charge in [0.2, 0.25) is 0 Å². The second-order valence-electron chi connectivity index (χ2n) is 6.66. The lowest BCUT2D eigenvalue weighted by Crippen LogP contribution is -2.46. The molecule has 0 amide bonds. The summed E-state index contributed by atoms with van der Waals surface area (Å²) >= 11 is 0. The van der Waals surface area contributed by atoms with Crippen molar-refractivity contribution in [1.29, 1.82) is 0 Å². The summed E-state index contributed by atoms with van der Waals surface area (Å²) in [6, 6.07) is 4.75. The van der Waals surface area contributed by atoms with Gasteiger partial charge >= 0.3 is 0 Å². The molecule has 2 heterocycles. The molecule has 0 unspecified atom stereocenters.